The summed E-state index contributed by atoms with van der Waals surface area (Å²) in [5.41, 5.74) is 0.942. The molecule has 1 N–H and O–H groups in total. The maximum Gasteiger partial charge on any atom is 0.219 e. The van der Waals surface area contributed by atoms with E-state index in [1.807, 2.05) is 23.1 Å². The molecule has 0 spiro atoms. The number of rotatable bonds is 3. The highest BCUT2D eigenvalue weighted by atomic mass is 16.2. The van der Waals surface area contributed by atoms with Crippen LogP contribution in [0.3, 0.4) is 0 Å². The van der Waals surface area contributed by atoms with E-state index in [-0.39, 0.29) is 11.8 Å². The Kier molecular flexibility index (Phi) is 4.27. The highest BCUT2D eigenvalue weighted by Gasteiger charge is 2.23. The molecule has 0 unspecified atom stereocenters. The minimum absolute atomic E-state index is 0.131. The van der Waals surface area contributed by atoms with Gasteiger partial charge in [0.05, 0.1) is 18.1 Å². The molecule has 1 aliphatic rings. The Morgan fingerprint density at radius 1 is 1.23 bits per heavy atom. The van der Waals surface area contributed by atoms with E-state index in [2.05, 4.69) is 20.3 Å². The highest BCUT2D eigenvalue weighted by molar-refractivity contribution is 5.73. The maximum absolute atomic E-state index is 11.5. The van der Waals surface area contributed by atoms with Crippen molar-refractivity contribution >= 4 is 17.5 Å². The van der Waals surface area contributed by atoms with Crippen LogP contribution in [0.5, 0.6) is 0 Å². The number of anilines is 2. The van der Waals surface area contributed by atoms with Gasteiger partial charge >= 0.3 is 0 Å². The van der Waals surface area contributed by atoms with Crippen LogP contribution in [0.15, 0.2) is 36.8 Å². The predicted molar refractivity (Wildman–Crippen MR) is 83.8 cm³/mol. The van der Waals surface area contributed by atoms with Crippen molar-refractivity contribution in [1.82, 2.24) is 19.9 Å². The molecule has 2 aromatic rings. The number of pyridine rings is 1. The Morgan fingerprint density at radius 2 is 2.14 bits per heavy atom. The Bertz CT molecular complexity index is 629. The van der Waals surface area contributed by atoms with Gasteiger partial charge in [-0.25, -0.2) is 9.97 Å². The van der Waals surface area contributed by atoms with Crippen molar-refractivity contribution in [1.29, 1.82) is 0 Å². The lowest BCUT2D eigenvalue weighted by Crippen LogP contribution is -2.37. The molecular formula is C16H19N5O. The second-order valence-corrected chi connectivity index (χ2v) is 5.47. The van der Waals surface area contributed by atoms with Crippen LogP contribution < -0.4 is 5.32 Å². The molecule has 2 aromatic heterocycles. The van der Waals surface area contributed by atoms with Crippen LogP contribution in [-0.2, 0) is 4.79 Å². The van der Waals surface area contributed by atoms with Gasteiger partial charge in [0.1, 0.15) is 11.6 Å². The standard InChI is InChI=1S/C16H19N5O/c1-12(22)21-8-4-5-13(11-21)14-9-19-16(10-18-14)20-15-6-2-3-7-17-15/h2-3,6-7,9-10,13H,4-5,8,11H2,1H3,(H,17,19,20)/t13-/m0/s1. The summed E-state index contributed by atoms with van der Waals surface area (Å²) in [7, 11) is 0. The van der Waals surface area contributed by atoms with Gasteiger partial charge in [-0.2, -0.15) is 0 Å². The summed E-state index contributed by atoms with van der Waals surface area (Å²) in [5.74, 6) is 1.81. The van der Waals surface area contributed by atoms with Crippen molar-refractivity contribution in [2.75, 3.05) is 18.4 Å². The summed E-state index contributed by atoms with van der Waals surface area (Å²) in [6, 6.07) is 5.65. The van der Waals surface area contributed by atoms with Gasteiger partial charge in [0, 0.05) is 32.1 Å². The minimum Gasteiger partial charge on any atom is -0.342 e. The van der Waals surface area contributed by atoms with Crippen LogP contribution in [0.1, 0.15) is 31.4 Å². The molecular weight excluding hydrogens is 278 g/mol. The molecule has 0 bridgehead atoms. The van der Waals surface area contributed by atoms with Crippen molar-refractivity contribution < 1.29 is 4.79 Å². The van der Waals surface area contributed by atoms with Crippen molar-refractivity contribution in [3.8, 4) is 0 Å². The molecule has 1 amide bonds. The molecule has 0 radical (unpaired) electrons. The summed E-state index contributed by atoms with van der Waals surface area (Å²) >= 11 is 0. The van der Waals surface area contributed by atoms with E-state index in [4.69, 9.17) is 0 Å². The van der Waals surface area contributed by atoms with Gasteiger partial charge in [0.2, 0.25) is 5.91 Å². The van der Waals surface area contributed by atoms with E-state index in [0.29, 0.717) is 5.82 Å². The van der Waals surface area contributed by atoms with Gasteiger partial charge < -0.3 is 10.2 Å². The first kappa shape index (κ1) is 14.4. The number of amides is 1. The summed E-state index contributed by atoms with van der Waals surface area (Å²) in [5, 5.41) is 3.11. The van der Waals surface area contributed by atoms with Crippen LogP contribution in [0.4, 0.5) is 11.6 Å². The van der Waals surface area contributed by atoms with Crippen molar-refractivity contribution in [3.63, 3.8) is 0 Å². The maximum atomic E-state index is 11.5. The van der Waals surface area contributed by atoms with Crippen LogP contribution >= 0.6 is 0 Å². The average Bonchev–Trinajstić information content (AvgIpc) is 2.56. The Balaban J connectivity index is 1.67. The number of nitrogens with one attached hydrogen (secondary N) is 1. The Hall–Kier alpha value is -2.50. The molecule has 0 aliphatic carbocycles. The number of hydrogen-bond donors (Lipinski definition) is 1. The predicted octanol–water partition coefficient (Wildman–Crippen LogP) is 2.34. The quantitative estimate of drug-likeness (QED) is 0.941. The molecule has 114 valence electrons. The molecule has 0 aromatic carbocycles. The van der Waals surface area contributed by atoms with E-state index in [1.165, 1.54) is 0 Å². The third-order valence-electron chi connectivity index (χ3n) is 3.88. The number of aromatic nitrogens is 3. The number of likely N-dealkylation sites (tertiary alicyclic amines) is 1. The molecule has 1 atom stereocenters. The minimum atomic E-state index is 0.131. The van der Waals surface area contributed by atoms with Gasteiger partial charge in [-0.3, -0.25) is 9.78 Å². The van der Waals surface area contributed by atoms with Crippen LogP contribution in [0, 0.1) is 0 Å². The summed E-state index contributed by atoms with van der Waals surface area (Å²) in [6.45, 7) is 3.20. The van der Waals surface area contributed by atoms with Crippen molar-refractivity contribution in [2.24, 2.45) is 0 Å². The first-order valence-electron chi connectivity index (χ1n) is 7.48. The largest absolute Gasteiger partial charge is 0.342 e. The van der Waals surface area contributed by atoms with E-state index < -0.39 is 0 Å². The monoisotopic (exact) mass is 297 g/mol. The van der Waals surface area contributed by atoms with E-state index >= 15 is 0 Å². The zero-order valence-electron chi connectivity index (χ0n) is 12.6. The number of carbonyl (C=O) groups is 1. The molecule has 1 fully saturated rings. The second kappa shape index (κ2) is 6.51. The van der Waals surface area contributed by atoms with E-state index in [9.17, 15) is 4.79 Å². The molecule has 1 saturated heterocycles. The van der Waals surface area contributed by atoms with E-state index in [0.717, 1.165) is 37.4 Å². The summed E-state index contributed by atoms with van der Waals surface area (Å²) in [6.07, 6.45) is 7.30. The number of nitrogens with zero attached hydrogens (tertiary/aromatic N) is 4. The fourth-order valence-electron chi connectivity index (χ4n) is 2.69. The Morgan fingerprint density at radius 3 is 2.82 bits per heavy atom. The van der Waals surface area contributed by atoms with Gasteiger partial charge in [-0.05, 0) is 25.0 Å². The fraction of sp³-hybridized carbons (Fsp3) is 0.375. The van der Waals surface area contributed by atoms with Gasteiger partial charge in [-0.15, -0.1) is 0 Å². The van der Waals surface area contributed by atoms with Crippen LogP contribution in [-0.4, -0.2) is 38.8 Å². The van der Waals surface area contributed by atoms with Crippen molar-refractivity contribution in [3.05, 3.63) is 42.5 Å². The first-order valence-corrected chi connectivity index (χ1v) is 7.48. The van der Waals surface area contributed by atoms with Gasteiger partial charge in [0.25, 0.3) is 0 Å². The lowest BCUT2D eigenvalue weighted by molar-refractivity contribution is -0.130. The average molecular weight is 297 g/mol. The Labute approximate surface area is 129 Å². The molecule has 3 heterocycles. The summed E-state index contributed by atoms with van der Waals surface area (Å²) < 4.78 is 0. The zero-order valence-corrected chi connectivity index (χ0v) is 12.6. The third kappa shape index (κ3) is 3.39. The zero-order chi connectivity index (χ0) is 15.4. The third-order valence-corrected chi connectivity index (χ3v) is 3.88. The van der Waals surface area contributed by atoms with Gasteiger partial charge in [-0.1, -0.05) is 6.07 Å². The first-order chi connectivity index (χ1) is 10.7. The molecule has 6 nitrogen and oxygen atoms in total. The van der Waals surface area contributed by atoms with E-state index in [1.54, 1.807) is 25.5 Å². The summed E-state index contributed by atoms with van der Waals surface area (Å²) in [4.78, 5) is 26.5. The second-order valence-electron chi connectivity index (χ2n) is 5.47. The topological polar surface area (TPSA) is 71.0 Å². The normalized spacial score (nSPS) is 18.0. The molecule has 6 heteroatoms. The molecule has 22 heavy (non-hydrogen) atoms. The fourth-order valence-corrected chi connectivity index (χ4v) is 2.69. The molecule has 0 saturated carbocycles. The lowest BCUT2D eigenvalue weighted by Gasteiger charge is -2.31. The van der Waals surface area contributed by atoms with Crippen molar-refractivity contribution in [2.45, 2.75) is 25.7 Å². The molecule has 1 aliphatic heterocycles. The van der Waals surface area contributed by atoms with Gasteiger partial charge in [0.15, 0.2) is 0 Å². The number of carbonyl (C=O) groups excluding carboxylic acids is 1. The molecule has 3 rings (SSSR count). The van der Waals surface area contributed by atoms with Crippen LogP contribution in [0.25, 0.3) is 0 Å². The smallest absolute Gasteiger partial charge is 0.219 e. The number of hydrogen-bond acceptors (Lipinski definition) is 5. The SMILES string of the molecule is CC(=O)N1CCC[C@H](c2cnc(Nc3ccccn3)cn2)C1. The lowest BCUT2D eigenvalue weighted by atomic mass is 9.95. The number of piperidine rings is 1. The van der Waals surface area contributed by atoms with Crippen LogP contribution in [0.2, 0.25) is 0 Å². The highest BCUT2D eigenvalue weighted by Crippen LogP contribution is 2.25.